The Balaban J connectivity index is 1.58. The van der Waals surface area contributed by atoms with E-state index in [4.69, 9.17) is 26.1 Å². The zero-order valence-corrected chi connectivity index (χ0v) is 25.2. The Morgan fingerprint density at radius 3 is 2.43 bits per heavy atom. The highest BCUT2D eigenvalue weighted by Gasteiger charge is 2.48. The number of pyridine rings is 2. The molecule has 12 heteroatoms. The third-order valence-electron chi connectivity index (χ3n) is 7.61. The summed E-state index contributed by atoms with van der Waals surface area (Å²) in [6.07, 6.45) is -0.211. The Kier molecular flexibility index (Phi) is 7.54. The number of halogens is 4. The van der Waals surface area contributed by atoms with Gasteiger partial charge in [-0.2, -0.15) is 13.2 Å². The summed E-state index contributed by atoms with van der Waals surface area (Å²) in [7, 11) is 4.42. The van der Waals surface area contributed by atoms with Crippen molar-refractivity contribution in [2.24, 2.45) is 7.05 Å². The van der Waals surface area contributed by atoms with Gasteiger partial charge in [0, 0.05) is 46.4 Å². The minimum absolute atomic E-state index is 0.156. The molecule has 0 fully saturated rings. The highest BCUT2D eigenvalue weighted by molar-refractivity contribution is 7.19. The number of methoxy groups -OCH3 is 2. The Morgan fingerprint density at radius 1 is 1.02 bits per heavy atom. The van der Waals surface area contributed by atoms with E-state index in [0.29, 0.717) is 45.0 Å². The molecule has 0 bridgehead atoms. The SMILES string of the molecule is COC(=O)C(c1ccc(C(F)(F)F)nc1)(c1ccc2nc(OC)c(Cc3cc4ccccc4s3)c(Cl)c2c1)c1cncn1C. The van der Waals surface area contributed by atoms with Gasteiger partial charge in [0.25, 0.3) is 0 Å². The van der Waals surface area contributed by atoms with Gasteiger partial charge in [-0.15, -0.1) is 11.3 Å². The van der Waals surface area contributed by atoms with E-state index in [1.54, 1.807) is 41.2 Å². The Morgan fingerprint density at radius 2 is 1.80 bits per heavy atom. The normalized spacial score (nSPS) is 13.2. The molecular weight excluding hydrogens is 613 g/mol. The number of carbonyl (C=O) groups excluding carboxylic acids is 1. The molecule has 4 aromatic heterocycles. The van der Waals surface area contributed by atoms with Gasteiger partial charge in [0.2, 0.25) is 5.88 Å². The first-order valence-corrected chi connectivity index (χ1v) is 14.5. The van der Waals surface area contributed by atoms with Crippen LogP contribution in [0.2, 0.25) is 5.02 Å². The molecule has 44 heavy (non-hydrogen) atoms. The number of nitrogens with zero attached hydrogens (tertiary/aromatic N) is 4. The lowest BCUT2D eigenvalue weighted by Crippen LogP contribution is -2.41. The second-order valence-electron chi connectivity index (χ2n) is 10.1. The van der Waals surface area contributed by atoms with Crippen LogP contribution >= 0.6 is 22.9 Å². The van der Waals surface area contributed by atoms with Gasteiger partial charge in [0.15, 0.2) is 5.41 Å². The molecule has 0 spiro atoms. The molecule has 224 valence electrons. The van der Waals surface area contributed by atoms with Gasteiger partial charge in [0.05, 0.1) is 36.8 Å². The maximum absolute atomic E-state index is 13.9. The van der Waals surface area contributed by atoms with Crippen molar-refractivity contribution in [1.82, 2.24) is 19.5 Å². The summed E-state index contributed by atoms with van der Waals surface area (Å²) in [5, 5.41) is 2.01. The number of ether oxygens (including phenoxy) is 2. The van der Waals surface area contributed by atoms with Crippen molar-refractivity contribution < 1.29 is 27.4 Å². The predicted octanol–water partition coefficient (Wildman–Crippen LogP) is 7.36. The molecule has 0 aliphatic rings. The number of aryl methyl sites for hydroxylation is 1. The summed E-state index contributed by atoms with van der Waals surface area (Å²) >= 11 is 8.74. The molecule has 1 atom stereocenters. The monoisotopic (exact) mass is 636 g/mol. The molecule has 0 amide bonds. The minimum Gasteiger partial charge on any atom is -0.481 e. The molecule has 0 N–H and O–H groups in total. The number of rotatable bonds is 7. The number of hydrogen-bond donors (Lipinski definition) is 0. The van der Waals surface area contributed by atoms with E-state index in [1.807, 2.05) is 24.3 Å². The summed E-state index contributed by atoms with van der Waals surface area (Å²) in [6.45, 7) is 0. The molecule has 0 radical (unpaired) electrons. The van der Waals surface area contributed by atoms with Crippen LogP contribution in [0.1, 0.15) is 33.0 Å². The number of imidazole rings is 1. The Labute approximate surface area is 258 Å². The van der Waals surface area contributed by atoms with Gasteiger partial charge < -0.3 is 14.0 Å². The summed E-state index contributed by atoms with van der Waals surface area (Å²) in [5.41, 5.74) is -0.787. The number of esters is 1. The minimum atomic E-state index is -4.66. The molecule has 2 aromatic carbocycles. The molecule has 0 aliphatic carbocycles. The summed E-state index contributed by atoms with van der Waals surface area (Å²) < 4.78 is 54.0. The van der Waals surface area contributed by atoms with Gasteiger partial charge in [-0.05, 0) is 46.8 Å². The Bertz CT molecular complexity index is 1990. The third-order valence-corrected chi connectivity index (χ3v) is 9.16. The summed E-state index contributed by atoms with van der Waals surface area (Å²) in [6, 6.07) is 17.3. The zero-order valence-electron chi connectivity index (χ0n) is 23.6. The maximum Gasteiger partial charge on any atom is 0.433 e. The van der Waals surface area contributed by atoms with Crippen LogP contribution in [0.3, 0.4) is 0 Å². The van der Waals surface area contributed by atoms with E-state index < -0.39 is 23.3 Å². The van der Waals surface area contributed by atoms with Crippen molar-refractivity contribution in [2.75, 3.05) is 14.2 Å². The third kappa shape index (κ3) is 4.86. The fraction of sp³-hybridized carbons (Fsp3) is 0.188. The maximum atomic E-state index is 13.9. The topological polar surface area (TPSA) is 79.1 Å². The summed E-state index contributed by atoms with van der Waals surface area (Å²) in [5.74, 6) is -0.379. The van der Waals surface area contributed by atoms with Crippen LogP contribution in [0.5, 0.6) is 5.88 Å². The molecule has 1 unspecified atom stereocenters. The number of hydrogen-bond acceptors (Lipinski definition) is 7. The van der Waals surface area contributed by atoms with Crippen LogP contribution in [0.25, 0.3) is 21.0 Å². The first kappa shape index (κ1) is 29.6. The molecule has 6 aromatic rings. The van der Waals surface area contributed by atoms with Gasteiger partial charge >= 0.3 is 12.1 Å². The zero-order chi connectivity index (χ0) is 31.2. The van der Waals surface area contributed by atoms with Crippen molar-refractivity contribution in [1.29, 1.82) is 0 Å². The number of alkyl halides is 3. The van der Waals surface area contributed by atoms with Crippen LogP contribution in [-0.4, -0.2) is 39.7 Å². The van der Waals surface area contributed by atoms with Crippen LogP contribution < -0.4 is 4.74 Å². The quantitative estimate of drug-likeness (QED) is 0.170. The lowest BCUT2D eigenvalue weighted by molar-refractivity contribution is -0.144. The van der Waals surface area contributed by atoms with Gasteiger partial charge in [-0.25, -0.2) is 9.97 Å². The highest BCUT2D eigenvalue weighted by Crippen LogP contribution is 2.44. The average molecular weight is 637 g/mol. The Hall–Kier alpha value is -4.48. The van der Waals surface area contributed by atoms with Crippen molar-refractivity contribution in [3.63, 3.8) is 0 Å². The van der Waals surface area contributed by atoms with Crippen molar-refractivity contribution in [3.05, 3.63) is 117 Å². The van der Waals surface area contributed by atoms with Crippen LogP contribution in [0, 0.1) is 0 Å². The second kappa shape index (κ2) is 11.2. The van der Waals surface area contributed by atoms with E-state index in [9.17, 15) is 18.0 Å². The molecule has 7 nitrogen and oxygen atoms in total. The van der Waals surface area contributed by atoms with Crippen LogP contribution in [0.15, 0.2) is 79.4 Å². The molecule has 4 heterocycles. The van der Waals surface area contributed by atoms with Crippen molar-refractivity contribution in [3.8, 4) is 5.88 Å². The van der Waals surface area contributed by atoms with E-state index in [0.717, 1.165) is 27.2 Å². The molecule has 6 rings (SSSR count). The van der Waals surface area contributed by atoms with E-state index in [1.165, 1.54) is 32.8 Å². The van der Waals surface area contributed by atoms with E-state index >= 15 is 0 Å². The highest BCUT2D eigenvalue weighted by atomic mass is 35.5. The van der Waals surface area contributed by atoms with E-state index in [-0.39, 0.29) is 5.56 Å². The predicted molar refractivity (Wildman–Crippen MR) is 162 cm³/mol. The summed E-state index contributed by atoms with van der Waals surface area (Å²) in [4.78, 5) is 27.5. The number of fused-ring (bicyclic) bond motifs is 2. The standard InChI is InChI=1S/C32H24ClF3N4O3S/c1-40-17-37-16-27(40)31(30(41)43-3,20-9-11-26(38-15-20)32(34,35)36)19-8-10-24-22(13-19)28(33)23(29(39-24)42-2)14-21-12-18-6-4-5-7-25(18)44-21/h4-13,15-17H,14H2,1-3H3. The first-order chi connectivity index (χ1) is 21.1. The number of benzene rings is 2. The lowest BCUT2D eigenvalue weighted by atomic mass is 9.72. The van der Waals surface area contributed by atoms with Crippen molar-refractivity contribution >= 4 is 49.9 Å². The number of aromatic nitrogens is 4. The smallest absolute Gasteiger partial charge is 0.433 e. The molecule has 0 aliphatic heterocycles. The van der Waals surface area contributed by atoms with Gasteiger partial charge in [0.1, 0.15) is 5.69 Å². The second-order valence-corrected chi connectivity index (χ2v) is 11.7. The lowest BCUT2D eigenvalue weighted by Gasteiger charge is -2.32. The number of carbonyl (C=O) groups is 1. The molecule has 0 saturated carbocycles. The van der Waals surface area contributed by atoms with Crippen LogP contribution in [0.4, 0.5) is 13.2 Å². The fourth-order valence-corrected chi connectivity index (χ4v) is 6.93. The van der Waals surface area contributed by atoms with Gasteiger partial charge in [-0.1, -0.05) is 41.9 Å². The first-order valence-electron chi connectivity index (χ1n) is 13.3. The van der Waals surface area contributed by atoms with Crippen molar-refractivity contribution in [2.45, 2.75) is 18.0 Å². The van der Waals surface area contributed by atoms with Crippen LogP contribution in [-0.2, 0) is 34.6 Å². The largest absolute Gasteiger partial charge is 0.481 e. The molecular formula is C32H24ClF3N4O3S. The average Bonchev–Trinajstić information content (AvgIpc) is 3.64. The number of thiophene rings is 1. The van der Waals surface area contributed by atoms with E-state index in [2.05, 4.69) is 16.0 Å². The van der Waals surface area contributed by atoms with Gasteiger partial charge in [-0.3, -0.25) is 9.78 Å². The molecule has 0 saturated heterocycles. The fourth-order valence-electron chi connectivity index (χ4n) is 5.55.